The van der Waals surface area contributed by atoms with Crippen molar-refractivity contribution in [2.75, 3.05) is 20.1 Å². The number of fused-ring (bicyclic) bond motifs is 3. The van der Waals surface area contributed by atoms with Crippen LogP contribution in [0.2, 0.25) is 0 Å². The Morgan fingerprint density at radius 2 is 1.84 bits per heavy atom. The first-order valence-corrected chi connectivity index (χ1v) is 8.16. The first-order valence-electron chi connectivity index (χ1n) is 8.16. The van der Waals surface area contributed by atoms with Crippen LogP contribution in [-0.2, 0) is 7.05 Å². The van der Waals surface area contributed by atoms with Crippen molar-refractivity contribution in [1.29, 1.82) is 0 Å². The van der Waals surface area contributed by atoms with E-state index in [1.54, 1.807) is 7.05 Å². The Morgan fingerprint density at radius 3 is 2.60 bits per heavy atom. The number of aromatic amines is 1. The van der Waals surface area contributed by atoms with Gasteiger partial charge in [0.25, 0.3) is 5.69 Å². The van der Waals surface area contributed by atoms with Gasteiger partial charge in [0, 0.05) is 42.0 Å². The number of rotatable bonds is 4. The summed E-state index contributed by atoms with van der Waals surface area (Å²) >= 11 is 0. The molecule has 0 spiro atoms. The standard InChI is InChI=1S/C18H21N5O2/c1-11-15-12-6-4-5-7-13(12)22-14(15)10-23(3)16(11)17(24)20-8-9-21-18(25)19-2/h4-7,10H,8-9H2,1-3H3,(H3,19,20,21,24,25)/p+1. The van der Waals surface area contributed by atoms with Gasteiger partial charge in [-0.15, -0.1) is 0 Å². The predicted molar refractivity (Wildman–Crippen MR) is 96.5 cm³/mol. The third-order valence-corrected chi connectivity index (χ3v) is 4.28. The second-order valence-electron chi connectivity index (χ2n) is 5.93. The lowest BCUT2D eigenvalue weighted by atomic mass is 10.1. The Labute approximate surface area is 145 Å². The van der Waals surface area contributed by atoms with E-state index in [4.69, 9.17) is 0 Å². The number of amides is 3. The molecule has 25 heavy (non-hydrogen) atoms. The zero-order chi connectivity index (χ0) is 18.0. The zero-order valence-corrected chi connectivity index (χ0v) is 14.6. The van der Waals surface area contributed by atoms with E-state index < -0.39 is 0 Å². The molecule has 4 N–H and O–H groups in total. The van der Waals surface area contributed by atoms with Crippen LogP contribution in [0.25, 0.3) is 21.8 Å². The summed E-state index contributed by atoms with van der Waals surface area (Å²) in [5.74, 6) is -0.161. The summed E-state index contributed by atoms with van der Waals surface area (Å²) in [6, 6.07) is 7.79. The predicted octanol–water partition coefficient (Wildman–Crippen LogP) is 1.11. The van der Waals surface area contributed by atoms with Gasteiger partial charge in [-0.1, -0.05) is 18.2 Å². The lowest BCUT2D eigenvalue weighted by molar-refractivity contribution is -0.672. The largest absolute Gasteiger partial charge is 0.350 e. The minimum Gasteiger partial charge on any atom is -0.350 e. The summed E-state index contributed by atoms with van der Waals surface area (Å²) in [5, 5.41) is 10.1. The molecule has 2 heterocycles. The van der Waals surface area contributed by atoms with Gasteiger partial charge in [-0.05, 0) is 13.0 Å². The third kappa shape index (κ3) is 3.13. The molecule has 3 rings (SSSR count). The van der Waals surface area contributed by atoms with Crippen LogP contribution in [0.1, 0.15) is 16.1 Å². The molecule has 0 atom stereocenters. The average molecular weight is 340 g/mol. The fraction of sp³-hybridized carbons (Fsp3) is 0.278. The van der Waals surface area contributed by atoms with Crippen molar-refractivity contribution >= 4 is 33.7 Å². The number of pyridine rings is 1. The molecular formula is C18H22N5O2+. The summed E-state index contributed by atoms with van der Waals surface area (Å²) in [6.45, 7) is 2.68. The van der Waals surface area contributed by atoms with Crippen LogP contribution in [0, 0.1) is 6.92 Å². The van der Waals surface area contributed by atoms with E-state index in [1.807, 2.05) is 42.9 Å². The molecule has 0 aliphatic heterocycles. The smallest absolute Gasteiger partial charge is 0.316 e. The van der Waals surface area contributed by atoms with Crippen molar-refractivity contribution < 1.29 is 14.2 Å². The summed E-state index contributed by atoms with van der Waals surface area (Å²) < 4.78 is 1.83. The van der Waals surface area contributed by atoms with Crippen molar-refractivity contribution in [3.8, 4) is 0 Å². The normalized spacial score (nSPS) is 10.8. The fourth-order valence-corrected chi connectivity index (χ4v) is 3.16. The number of nitrogens with one attached hydrogen (secondary N) is 4. The van der Waals surface area contributed by atoms with Gasteiger partial charge in [0.1, 0.15) is 12.6 Å². The second-order valence-corrected chi connectivity index (χ2v) is 5.93. The van der Waals surface area contributed by atoms with Crippen molar-refractivity contribution in [2.45, 2.75) is 6.92 Å². The second kappa shape index (κ2) is 6.80. The SMILES string of the molecule is CNC(=O)NCCNC(=O)c1c(C)c2c(c[n+]1C)[nH]c1ccccc12. The minimum atomic E-state index is -0.267. The molecular weight excluding hydrogens is 318 g/mol. The molecule has 0 saturated carbocycles. The van der Waals surface area contributed by atoms with Crippen LogP contribution in [-0.4, -0.2) is 37.1 Å². The Morgan fingerprint density at radius 1 is 1.12 bits per heavy atom. The molecule has 3 aromatic rings. The highest BCUT2D eigenvalue weighted by Crippen LogP contribution is 2.28. The lowest BCUT2D eigenvalue weighted by Crippen LogP contribution is -2.44. The van der Waals surface area contributed by atoms with Crippen LogP contribution < -0.4 is 20.5 Å². The number of aryl methyl sites for hydroxylation is 2. The average Bonchev–Trinajstić information content (AvgIpc) is 2.96. The molecule has 7 heteroatoms. The Balaban J connectivity index is 1.89. The van der Waals surface area contributed by atoms with E-state index in [0.717, 1.165) is 27.4 Å². The molecule has 7 nitrogen and oxygen atoms in total. The molecule has 0 fully saturated rings. The van der Waals surface area contributed by atoms with Crippen LogP contribution in [0.5, 0.6) is 0 Å². The van der Waals surface area contributed by atoms with Gasteiger partial charge in [0.05, 0.1) is 0 Å². The maximum Gasteiger partial charge on any atom is 0.316 e. The van der Waals surface area contributed by atoms with Gasteiger partial charge in [0.15, 0.2) is 6.20 Å². The monoisotopic (exact) mass is 340 g/mol. The highest BCUT2D eigenvalue weighted by atomic mass is 16.2. The van der Waals surface area contributed by atoms with E-state index in [1.165, 1.54) is 0 Å². The van der Waals surface area contributed by atoms with Crippen LogP contribution in [0.3, 0.4) is 0 Å². The number of H-pyrrole nitrogens is 1. The van der Waals surface area contributed by atoms with Crippen molar-refractivity contribution in [3.05, 3.63) is 41.7 Å². The first kappa shape index (κ1) is 16.8. The number of urea groups is 1. The summed E-state index contributed by atoms with van der Waals surface area (Å²) in [5.41, 5.74) is 3.58. The molecule has 0 aliphatic carbocycles. The number of para-hydroxylation sites is 1. The number of aromatic nitrogens is 2. The molecule has 3 amide bonds. The number of nitrogens with zero attached hydrogens (tertiary/aromatic N) is 1. The number of carbonyl (C=O) groups is 2. The maximum absolute atomic E-state index is 12.6. The first-order chi connectivity index (χ1) is 12.0. The van der Waals surface area contributed by atoms with E-state index in [0.29, 0.717) is 18.8 Å². The van der Waals surface area contributed by atoms with E-state index in [9.17, 15) is 9.59 Å². The number of hydrogen-bond acceptors (Lipinski definition) is 2. The van der Waals surface area contributed by atoms with Crippen LogP contribution in [0.4, 0.5) is 4.79 Å². The van der Waals surface area contributed by atoms with Crippen molar-refractivity contribution in [1.82, 2.24) is 20.9 Å². The van der Waals surface area contributed by atoms with Gasteiger partial charge in [-0.3, -0.25) is 4.79 Å². The van der Waals surface area contributed by atoms with E-state index in [2.05, 4.69) is 27.0 Å². The Bertz CT molecular complexity index is 961. The molecule has 2 aromatic heterocycles. The van der Waals surface area contributed by atoms with Crippen molar-refractivity contribution in [2.24, 2.45) is 7.05 Å². The minimum absolute atomic E-state index is 0.161. The van der Waals surface area contributed by atoms with Gasteiger partial charge >= 0.3 is 11.9 Å². The van der Waals surface area contributed by atoms with Crippen LogP contribution in [0.15, 0.2) is 30.5 Å². The Kier molecular flexibility index (Phi) is 4.56. The van der Waals surface area contributed by atoms with Gasteiger partial charge in [-0.25, -0.2) is 4.79 Å². The molecule has 0 radical (unpaired) electrons. The van der Waals surface area contributed by atoms with Gasteiger partial charge in [-0.2, -0.15) is 4.57 Å². The molecule has 0 saturated heterocycles. The molecule has 0 unspecified atom stereocenters. The Hall–Kier alpha value is -3.09. The van der Waals surface area contributed by atoms with Gasteiger partial charge < -0.3 is 20.9 Å². The van der Waals surface area contributed by atoms with Crippen LogP contribution >= 0.6 is 0 Å². The lowest BCUT2D eigenvalue weighted by Gasteiger charge is -2.08. The van der Waals surface area contributed by atoms with Crippen molar-refractivity contribution in [3.63, 3.8) is 0 Å². The summed E-state index contributed by atoms with van der Waals surface area (Å²) in [6.07, 6.45) is 1.93. The molecule has 0 bridgehead atoms. The fourth-order valence-electron chi connectivity index (χ4n) is 3.16. The molecule has 1 aromatic carbocycles. The van der Waals surface area contributed by atoms with E-state index in [-0.39, 0.29) is 11.9 Å². The number of carbonyl (C=O) groups excluding carboxylic acids is 2. The third-order valence-electron chi connectivity index (χ3n) is 4.28. The summed E-state index contributed by atoms with van der Waals surface area (Å²) in [7, 11) is 3.41. The molecule has 130 valence electrons. The zero-order valence-electron chi connectivity index (χ0n) is 14.6. The highest BCUT2D eigenvalue weighted by molar-refractivity contribution is 6.10. The van der Waals surface area contributed by atoms with Gasteiger partial charge in [0.2, 0.25) is 0 Å². The summed E-state index contributed by atoms with van der Waals surface area (Å²) in [4.78, 5) is 27.2. The number of benzene rings is 1. The number of hydrogen-bond donors (Lipinski definition) is 4. The highest BCUT2D eigenvalue weighted by Gasteiger charge is 2.24. The quantitative estimate of drug-likeness (QED) is 0.423. The maximum atomic E-state index is 12.6. The van der Waals surface area contributed by atoms with E-state index >= 15 is 0 Å². The molecule has 0 aliphatic rings. The topological polar surface area (TPSA) is 89.9 Å².